The molecule has 0 unspecified atom stereocenters. The minimum absolute atomic E-state index is 0.113. The molecule has 0 aliphatic heterocycles. The Hall–Kier alpha value is -2.96. The van der Waals surface area contributed by atoms with Gasteiger partial charge in [-0.05, 0) is 30.7 Å². The molecule has 0 aliphatic carbocycles. The van der Waals surface area contributed by atoms with Crippen molar-refractivity contribution in [1.82, 2.24) is 10.2 Å². The maximum absolute atomic E-state index is 12.3. The first-order chi connectivity index (χ1) is 12.5. The lowest BCUT2D eigenvalue weighted by atomic mass is 10.2. The second-order valence-electron chi connectivity index (χ2n) is 5.48. The molecule has 2 rings (SSSR count). The van der Waals surface area contributed by atoms with Gasteiger partial charge in [0, 0.05) is 18.7 Å². The molecule has 0 aromatic heterocycles. The molecule has 0 bridgehead atoms. The third-order valence-corrected chi connectivity index (χ3v) is 3.67. The zero-order valence-corrected chi connectivity index (χ0v) is 14.3. The first-order valence-corrected chi connectivity index (χ1v) is 8.14. The lowest BCUT2D eigenvalue weighted by molar-refractivity contribution is -0.130. The predicted molar refractivity (Wildman–Crippen MR) is 92.9 cm³/mol. The molecule has 7 heteroatoms. The fraction of sp³-hybridized carbons (Fsp3) is 0.263. The van der Waals surface area contributed by atoms with Crippen LogP contribution in [0.2, 0.25) is 0 Å². The fourth-order valence-electron chi connectivity index (χ4n) is 2.36. The first kappa shape index (κ1) is 19.4. The number of halogens is 2. The van der Waals surface area contributed by atoms with E-state index >= 15 is 0 Å². The van der Waals surface area contributed by atoms with Crippen LogP contribution in [-0.4, -0.2) is 36.4 Å². The predicted octanol–water partition coefficient (Wildman–Crippen LogP) is 3.07. The van der Waals surface area contributed by atoms with E-state index in [1.165, 1.54) is 24.3 Å². The zero-order chi connectivity index (χ0) is 18.9. The maximum atomic E-state index is 12.3. The Kier molecular flexibility index (Phi) is 7.08. The monoisotopic (exact) mass is 362 g/mol. The molecule has 0 fully saturated rings. The third kappa shape index (κ3) is 5.84. The summed E-state index contributed by atoms with van der Waals surface area (Å²) in [5.74, 6) is -0.878. The highest BCUT2D eigenvalue weighted by Crippen LogP contribution is 2.15. The fourth-order valence-corrected chi connectivity index (χ4v) is 2.36. The van der Waals surface area contributed by atoms with Crippen LogP contribution in [0.25, 0.3) is 0 Å². The molecule has 0 aliphatic rings. The minimum atomic E-state index is -2.97. The average Bonchev–Trinajstić information content (AvgIpc) is 2.64. The highest BCUT2D eigenvalue weighted by Gasteiger charge is 2.15. The van der Waals surface area contributed by atoms with Crippen molar-refractivity contribution in [3.63, 3.8) is 0 Å². The first-order valence-electron chi connectivity index (χ1n) is 8.14. The van der Waals surface area contributed by atoms with E-state index < -0.39 is 12.5 Å². The van der Waals surface area contributed by atoms with Gasteiger partial charge in [-0.25, -0.2) is 0 Å². The average molecular weight is 362 g/mol. The van der Waals surface area contributed by atoms with E-state index in [1.807, 2.05) is 37.3 Å². The van der Waals surface area contributed by atoms with E-state index in [0.717, 1.165) is 5.56 Å². The molecule has 0 radical (unpaired) electrons. The van der Waals surface area contributed by atoms with Crippen molar-refractivity contribution in [1.29, 1.82) is 0 Å². The number of ether oxygens (including phenoxy) is 1. The standard InChI is InChI=1S/C19H20F2N2O3/c1-2-23(13-14-7-4-3-5-8-14)17(24)12-22-18(25)15-9-6-10-16(11-15)26-19(20)21/h3-11,19H,2,12-13H2,1H3,(H,22,25). The SMILES string of the molecule is CCN(Cc1ccccc1)C(=O)CNC(=O)c1cccc(OC(F)F)c1. The summed E-state index contributed by atoms with van der Waals surface area (Å²) in [6.45, 7) is -0.343. The highest BCUT2D eigenvalue weighted by atomic mass is 19.3. The van der Waals surface area contributed by atoms with Crippen LogP contribution < -0.4 is 10.1 Å². The van der Waals surface area contributed by atoms with Crippen LogP contribution in [0.4, 0.5) is 8.78 Å². The van der Waals surface area contributed by atoms with E-state index in [-0.39, 0.29) is 23.8 Å². The summed E-state index contributed by atoms with van der Waals surface area (Å²) in [6, 6.07) is 14.9. The summed E-state index contributed by atoms with van der Waals surface area (Å²) < 4.78 is 28.7. The molecular formula is C19H20F2N2O3. The third-order valence-electron chi connectivity index (χ3n) is 3.67. The molecule has 26 heavy (non-hydrogen) atoms. The van der Waals surface area contributed by atoms with Crippen molar-refractivity contribution in [2.75, 3.05) is 13.1 Å². The molecule has 0 saturated carbocycles. The Bertz CT molecular complexity index is 739. The molecule has 0 saturated heterocycles. The summed E-state index contributed by atoms with van der Waals surface area (Å²) in [4.78, 5) is 26.1. The molecule has 5 nitrogen and oxygen atoms in total. The number of hydrogen-bond donors (Lipinski definition) is 1. The lowest BCUT2D eigenvalue weighted by Gasteiger charge is -2.21. The Morgan fingerprint density at radius 2 is 1.85 bits per heavy atom. The molecule has 2 aromatic rings. The van der Waals surface area contributed by atoms with Crippen LogP contribution in [-0.2, 0) is 11.3 Å². The maximum Gasteiger partial charge on any atom is 0.387 e. The number of hydrogen-bond acceptors (Lipinski definition) is 3. The molecule has 0 heterocycles. The van der Waals surface area contributed by atoms with Crippen LogP contribution in [0.5, 0.6) is 5.75 Å². The lowest BCUT2D eigenvalue weighted by Crippen LogP contribution is -2.39. The molecule has 0 spiro atoms. The number of alkyl halides is 2. The van der Waals surface area contributed by atoms with Crippen molar-refractivity contribution in [3.8, 4) is 5.75 Å². The number of nitrogens with zero attached hydrogens (tertiary/aromatic N) is 1. The van der Waals surface area contributed by atoms with E-state index in [2.05, 4.69) is 10.1 Å². The molecule has 0 atom stereocenters. The van der Waals surface area contributed by atoms with Crippen molar-refractivity contribution >= 4 is 11.8 Å². The van der Waals surface area contributed by atoms with Crippen LogP contribution in [0.3, 0.4) is 0 Å². The van der Waals surface area contributed by atoms with Gasteiger partial charge >= 0.3 is 6.61 Å². The normalized spacial score (nSPS) is 10.5. The van der Waals surface area contributed by atoms with Gasteiger partial charge in [0.1, 0.15) is 5.75 Å². The summed E-state index contributed by atoms with van der Waals surface area (Å²) in [5.41, 5.74) is 1.13. The summed E-state index contributed by atoms with van der Waals surface area (Å²) in [5, 5.41) is 2.51. The topological polar surface area (TPSA) is 58.6 Å². The number of rotatable bonds is 8. The summed E-state index contributed by atoms with van der Waals surface area (Å²) in [6.07, 6.45) is 0. The van der Waals surface area contributed by atoms with Crippen molar-refractivity contribution in [2.24, 2.45) is 0 Å². The van der Waals surface area contributed by atoms with E-state index in [0.29, 0.717) is 13.1 Å². The van der Waals surface area contributed by atoms with Crippen LogP contribution in [0.1, 0.15) is 22.8 Å². The molecule has 2 amide bonds. The van der Waals surface area contributed by atoms with Gasteiger partial charge in [0.25, 0.3) is 5.91 Å². The zero-order valence-electron chi connectivity index (χ0n) is 14.3. The largest absolute Gasteiger partial charge is 0.435 e. The van der Waals surface area contributed by atoms with Gasteiger partial charge in [-0.3, -0.25) is 9.59 Å². The smallest absolute Gasteiger partial charge is 0.387 e. The minimum Gasteiger partial charge on any atom is -0.435 e. The number of benzene rings is 2. The van der Waals surface area contributed by atoms with Crippen molar-refractivity contribution < 1.29 is 23.1 Å². The van der Waals surface area contributed by atoms with Gasteiger partial charge in [0.15, 0.2) is 0 Å². The Balaban J connectivity index is 1.92. The quantitative estimate of drug-likeness (QED) is 0.785. The highest BCUT2D eigenvalue weighted by molar-refractivity contribution is 5.96. The number of likely N-dealkylation sites (N-methyl/N-ethyl adjacent to an activating group) is 1. The van der Waals surface area contributed by atoms with Crippen molar-refractivity contribution in [3.05, 3.63) is 65.7 Å². The number of amides is 2. The Morgan fingerprint density at radius 1 is 1.12 bits per heavy atom. The Morgan fingerprint density at radius 3 is 2.50 bits per heavy atom. The van der Waals surface area contributed by atoms with Gasteiger partial charge in [-0.2, -0.15) is 8.78 Å². The molecular weight excluding hydrogens is 342 g/mol. The second-order valence-corrected chi connectivity index (χ2v) is 5.48. The molecule has 2 aromatic carbocycles. The van der Waals surface area contributed by atoms with Crippen LogP contribution >= 0.6 is 0 Å². The molecule has 138 valence electrons. The van der Waals surface area contributed by atoms with E-state index in [9.17, 15) is 18.4 Å². The summed E-state index contributed by atoms with van der Waals surface area (Å²) in [7, 11) is 0. The van der Waals surface area contributed by atoms with E-state index in [1.54, 1.807) is 4.90 Å². The van der Waals surface area contributed by atoms with Gasteiger partial charge < -0.3 is 15.0 Å². The summed E-state index contributed by atoms with van der Waals surface area (Å²) >= 11 is 0. The van der Waals surface area contributed by atoms with Gasteiger partial charge in [0.05, 0.1) is 6.54 Å². The van der Waals surface area contributed by atoms with E-state index in [4.69, 9.17) is 0 Å². The van der Waals surface area contributed by atoms with Crippen LogP contribution in [0, 0.1) is 0 Å². The Labute approximate surface area is 150 Å². The van der Waals surface area contributed by atoms with Crippen LogP contribution in [0.15, 0.2) is 54.6 Å². The number of carbonyl (C=O) groups excluding carboxylic acids is 2. The van der Waals surface area contributed by atoms with Gasteiger partial charge in [0.2, 0.25) is 5.91 Å². The number of carbonyl (C=O) groups is 2. The van der Waals surface area contributed by atoms with Crippen molar-refractivity contribution in [2.45, 2.75) is 20.1 Å². The van der Waals surface area contributed by atoms with Gasteiger partial charge in [-0.1, -0.05) is 36.4 Å². The molecule has 1 N–H and O–H groups in total. The second kappa shape index (κ2) is 9.50. The van der Waals surface area contributed by atoms with Gasteiger partial charge in [-0.15, -0.1) is 0 Å². The number of nitrogens with one attached hydrogen (secondary N) is 1.